The maximum Gasteiger partial charge on any atom is 0.416 e. The van der Waals surface area contributed by atoms with E-state index in [0.29, 0.717) is 11.1 Å². The monoisotopic (exact) mass is 390 g/mol. The van der Waals surface area contributed by atoms with Crippen molar-refractivity contribution in [3.8, 4) is 0 Å². The fourth-order valence-electron chi connectivity index (χ4n) is 2.27. The molecule has 0 aliphatic heterocycles. The molecule has 1 aromatic heterocycles. The Bertz CT molecular complexity index is 781. The average Bonchev–Trinajstić information content (AvgIpc) is 2.55. The summed E-state index contributed by atoms with van der Waals surface area (Å²) in [6.45, 7) is 0.925. The first-order valence-corrected chi connectivity index (χ1v) is 7.86. The highest BCUT2D eigenvalue weighted by molar-refractivity contribution is 6.30. The molecule has 0 aliphatic carbocycles. The lowest BCUT2D eigenvalue weighted by molar-refractivity contribution is -0.137. The topological polar surface area (TPSA) is 62.2 Å². The zero-order valence-corrected chi connectivity index (χ0v) is 14.3. The van der Waals surface area contributed by atoms with Gasteiger partial charge in [0.2, 0.25) is 0 Å². The van der Waals surface area contributed by atoms with Crippen molar-refractivity contribution >= 4 is 17.4 Å². The van der Waals surface area contributed by atoms with E-state index < -0.39 is 35.5 Å². The van der Waals surface area contributed by atoms with Crippen LogP contribution >= 0.6 is 11.6 Å². The molecule has 1 heterocycles. The van der Waals surface area contributed by atoms with Gasteiger partial charge in [0.15, 0.2) is 5.78 Å². The van der Waals surface area contributed by atoms with E-state index in [1.165, 1.54) is 25.3 Å². The Balaban J connectivity index is 2.44. The van der Waals surface area contributed by atoms with Gasteiger partial charge in [0.25, 0.3) is 0 Å². The van der Waals surface area contributed by atoms with Crippen LogP contribution in [0.25, 0.3) is 0 Å². The van der Waals surface area contributed by atoms with Gasteiger partial charge in [0.1, 0.15) is 11.9 Å². The van der Waals surface area contributed by atoms with Gasteiger partial charge < -0.3 is 10.4 Å². The molecule has 0 aliphatic rings. The summed E-state index contributed by atoms with van der Waals surface area (Å²) in [7, 11) is 0. The fourth-order valence-corrected chi connectivity index (χ4v) is 2.38. The quantitative estimate of drug-likeness (QED) is 0.741. The summed E-state index contributed by atoms with van der Waals surface area (Å²) in [6, 6.07) is 4.06. The smallest absolute Gasteiger partial charge is 0.384 e. The standard InChI is InChI=1S/C17H15ClF4N2O2/c1-9(25)15(26)8-24-16(14-3-2-12(18)7-23-14)10-4-11(17(20,21)22)6-13(19)5-10/h2-7,15-16,24,26H,8H2,1H3/t15?,16-/m0/s1. The number of alkyl halides is 3. The van der Waals surface area contributed by atoms with Crippen LogP contribution in [0.2, 0.25) is 5.02 Å². The Morgan fingerprint density at radius 2 is 2.00 bits per heavy atom. The van der Waals surface area contributed by atoms with Crippen molar-refractivity contribution in [1.82, 2.24) is 10.3 Å². The van der Waals surface area contributed by atoms with Crippen molar-refractivity contribution < 1.29 is 27.5 Å². The van der Waals surface area contributed by atoms with E-state index in [1.54, 1.807) is 0 Å². The van der Waals surface area contributed by atoms with Gasteiger partial charge in [0, 0.05) is 12.7 Å². The van der Waals surface area contributed by atoms with Gasteiger partial charge in [-0.05, 0) is 42.8 Å². The van der Waals surface area contributed by atoms with Gasteiger partial charge in [-0.1, -0.05) is 11.6 Å². The van der Waals surface area contributed by atoms with Gasteiger partial charge in [-0.2, -0.15) is 13.2 Å². The third-order valence-electron chi connectivity index (χ3n) is 3.61. The highest BCUT2D eigenvalue weighted by atomic mass is 35.5. The minimum absolute atomic E-state index is 0.0529. The maximum absolute atomic E-state index is 13.8. The fraction of sp³-hybridized carbons (Fsp3) is 0.294. The molecule has 140 valence electrons. The minimum atomic E-state index is -4.73. The predicted molar refractivity (Wildman–Crippen MR) is 87.2 cm³/mol. The molecule has 2 aromatic rings. The Labute approximate surface area is 151 Å². The van der Waals surface area contributed by atoms with Crippen LogP contribution in [0, 0.1) is 5.82 Å². The number of aromatic nitrogens is 1. The van der Waals surface area contributed by atoms with Crippen LogP contribution in [0.4, 0.5) is 17.6 Å². The maximum atomic E-state index is 13.8. The molecule has 0 saturated heterocycles. The zero-order valence-electron chi connectivity index (χ0n) is 13.5. The van der Waals surface area contributed by atoms with E-state index >= 15 is 0 Å². The number of aliphatic hydroxyl groups excluding tert-OH is 1. The molecule has 2 atom stereocenters. The first-order valence-electron chi connectivity index (χ1n) is 7.49. The number of carbonyl (C=O) groups excluding carboxylic acids is 1. The van der Waals surface area contributed by atoms with Crippen molar-refractivity contribution in [2.24, 2.45) is 0 Å². The van der Waals surface area contributed by atoms with Gasteiger partial charge in [0.05, 0.1) is 22.3 Å². The van der Waals surface area contributed by atoms with Crippen molar-refractivity contribution in [3.63, 3.8) is 0 Å². The van der Waals surface area contributed by atoms with Crippen LogP contribution in [-0.2, 0) is 11.0 Å². The van der Waals surface area contributed by atoms with Crippen LogP contribution in [0.3, 0.4) is 0 Å². The lowest BCUT2D eigenvalue weighted by Gasteiger charge is -2.21. The second-order valence-corrected chi connectivity index (χ2v) is 6.08. The second kappa shape index (κ2) is 8.11. The summed E-state index contributed by atoms with van der Waals surface area (Å²) in [5.74, 6) is -1.58. The molecule has 1 unspecified atom stereocenters. The Kier molecular flexibility index (Phi) is 6.33. The number of hydrogen-bond donors (Lipinski definition) is 2. The van der Waals surface area contributed by atoms with Crippen LogP contribution in [0.1, 0.15) is 29.8 Å². The molecule has 26 heavy (non-hydrogen) atoms. The molecule has 0 saturated carbocycles. The van der Waals surface area contributed by atoms with E-state index in [-0.39, 0.29) is 17.8 Å². The number of pyridine rings is 1. The molecule has 0 amide bonds. The number of rotatable bonds is 6. The van der Waals surface area contributed by atoms with Gasteiger partial charge in [-0.25, -0.2) is 4.39 Å². The summed E-state index contributed by atoms with van der Waals surface area (Å²) in [4.78, 5) is 15.2. The number of Topliss-reactive ketones (excluding diaryl/α,β-unsaturated/α-hetero) is 1. The molecular weight excluding hydrogens is 376 g/mol. The molecule has 2 rings (SSSR count). The first kappa shape index (κ1) is 20.3. The summed E-state index contributed by atoms with van der Waals surface area (Å²) in [5.41, 5.74) is -0.952. The van der Waals surface area contributed by atoms with Crippen molar-refractivity contribution in [3.05, 3.63) is 64.2 Å². The molecule has 2 N–H and O–H groups in total. The van der Waals surface area contributed by atoms with Gasteiger partial charge in [-0.3, -0.25) is 9.78 Å². The number of carbonyl (C=O) groups is 1. The number of hydrogen-bond acceptors (Lipinski definition) is 4. The van der Waals surface area contributed by atoms with E-state index in [9.17, 15) is 27.5 Å². The van der Waals surface area contributed by atoms with Crippen LogP contribution in [-0.4, -0.2) is 28.5 Å². The number of nitrogens with zero attached hydrogens (tertiary/aromatic N) is 1. The summed E-state index contributed by atoms with van der Waals surface area (Å²) >= 11 is 5.77. The van der Waals surface area contributed by atoms with E-state index in [1.807, 2.05) is 0 Å². The molecule has 0 bridgehead atoms. The number of benzene rings is 1. The van der Waals surface area contributed by atoms with Crippen molar-refractivity contribution in [2.45, 2.75) is 25.2 Å². The van der Waals surface area contributed by atoms with Crippen LogP contribution < -0.4 is 5.32 Å². The van der Waals surface area contributed by atoms with Crippen LogP contribution in [0.5, 0.6) is 0 Å². The average molecular weight is 391 g/mol. The normalized spacial score (nSPS) is 14.1. The Hall–Kier alpha value is -2.03. The van der Waals surface area contributed by atoms with Gasteiger partial charge in [-0.15, -0.1) is 0 Å². The predicted octanol–water partition coefficient (Wildman–Crippen LogP) is 3.52. The third kappa shape index (κ3) is 5.23. The molecular formula is C17H15ClF4N2O2. The van der Waals surface area contributed by atoms with Gasteiger partial charge >= 0.3 is 6.18 Å². The van der Waals surface area contributed by atoms with E-state index in [2.05, 4.69) is 10.3 Å². The molecule has 0 spiro atoms. The molecule has 0 radical (unpaired) electrons. The van der Waals surface area contributed by atoms with Crippen molar-refractivity contribution in [1.29, 1.82) is 0 Å². The molecule has 0 fully saturated rings. The molecule has 4 nitrogen and oxygen atoms in total. The largest absolute Gasteiger partial charge is 0.416 e. The first-order chi connectivity index (χ1) is 12.1. The summed E-state index contributed by atoms with van der Waals surface area (Å²) < 4.78 is 52.7. The second-order valence-electron chi connectivity index (χ2n) is 5.64. The molecule has 9 heteroatoms. The Morgan fingerprint density at radius 3 is 2.54 bits per heavy atom. The minimum Gasteiger partial charge on any atom is -0.384 e. The number of ketones is 1. The summed E-state index contributed by atoms with van der Waals surface area (Å²) in [5, 5.41) is 12.7. The lowest BCUT2D eigenvalue weighted by atomic mass is 9.99. The molecule has 1 aromatic carbocycles. The zero-order chi connectivity index (χ0) is 19.5. The summed E-state index contributed by atoms with van der Waals surface area (Å²) in [6.07, 6.45) is -4.80. The third-order valence-corrected chi connectivity index (χ3v) is 3.83. The number of nitrogens with one attached hydrogen (secondary N) is 1. The van der Waals surface area contributed by atoms with E-state index in [0.717, 1.165) is 12.1 Å². The lowest BCUT2D eigenvalue weighted by Crippen LogP contribution is -2.35. The highest BCUT2D eigenvalue weighted by Gasteiger charge is 2.32. The SMILES string of the molecule is CC(=O)C(O)CN[C@@H](c1cc(F)cc(C(F)(F)F)c1)c1ccc(Cl)cn1. The number of halogens is 5. The van der Waals surface area contributed by atoms with Crippen LogP contribution in [0.15, 0.2) is 36.5 Å². The number of aliphatic hydroxyl groups is 1. The highest BCUT2D eigenvalue weighted by Crippen LogP contribution is 2.33. The van der Waals surface area contributed by atoms with Crippen molar-refractivity contribution in [2.75, 3.05) is 6.54 Å². The Morgan fingerprint density at radius 1 is 1.31 bits per heavy atom. The van der Waals surface area contributed by atoms with E-state index in [4.69, 9.17) is 11.6 Å².